The molecule has 1 N–H and O–H groups in total. The minimum atomic E-state index is -0.0167. The summed E-state index contributed by atoms with van der Waals surface area (Å²) in [6.07, 6.45) is 0.355. The molecule has 1 amide bonds. The number of nitrogens with zero attached hydrogens (tertiary/aromatic N) is 3. The number of anilines is 1. The summed E-state index contributed by atoms with van der Waals surface area (Å²) in [7, 11) is 0. The number of para-hydroxylation sites is 3. The molecule has 0 radical (unpaired) electrons. The first-order chi connectivity index (χ1) is 15.1. The third-order valence-electron chi connectivity index (χ3n) is 5.68. The molecule has 0 aliphatic carbocycles. The lowest BCUT2D eigenvalue weighted by Crippen LogP contribution is -2.14. The van der Waals surface area contributed by atoms with Crippen molar-refractivity contribution in [3.63, 3.8) is 0 Å². The predicted octanol–water partition coefficient (Wildman–Crippen LogP) is 5.89. The molecule has 0 bridgehead atoms. The van der Waals surface area contributed by atoms with Crippen LogP contribution >= 0.6 is 0 Å². The van der Waals surface area contributed by atoms with Crippen molar-refractivity contribution < 1.29 is 4.79 Å². The monoisotopic (exact) mass is 408 g/mol. The van der Waals surface area contributed by atoms with Gasteiger partial charge < -0.3 is 9.88 Å². The van der Waals surface area contributed by atoms with E-state index < -0.39 is 0 Å². The molecule has 0 saturated carbocycles. The molecule has 0 unspecified atom stereocenters. The van der Waals surface area contributed by atoms with Crippen molar-refractivity contribution in [3.05, 3.63) is 78.4 Å². The van der Waals surface area contributed by atoms with Crippen molar-refractivity contribution in [2.45, 2.75) is 32.7 Å². The summed E-state index contributed by atoms with van der Waals surface area (Å²) >= 11 is 0. The Morgan fingerprint density at radius 1 is 0.903 bits per heavy atom. The molecule has 2 heterocycles. The second-order valence-electron chi connectivity index (χ2n) is 8.13. The molecule has 5 aromatic rings. The Balaban J connectivity index is 1.44. The summed E-state index contributed by atoms with van der Waals surface area (Å²) in [5.41, 5.74) is 6.54. The second kappa shape index (κ2) is 7.84. The Hall–Kier alpha value is -3.73. The molecule has 2 aromatic heterocycles. The number of aryl methyl sites for hydroxylation is 1. The highest BCUT2D eigenvalue weighted by atomic mass is 16.1. The number of benzene rings is 3. The van der Waals surface area contributed by atoms with Gasteiger partial charge in [-0.25, -0.2) is 9.97 Å². The van der Waals surface area contributed by atoms with Crippen LogP contribution in [0.4, 0.5) is 5.69 Å². The normalized spacial score (nSPS) is 11.6. The summed E-state index contributed by atoms with van der Waals surface area (Å²) in [5.74, 6) is 0.453. The lowest BCUT2D eigenvalue weighted by Gasteiger charge is -2.10. The Morgan fingerprint density at radius 3 is 2.32 bits per heavy atom. The van der Waals surface area contributed by atoms with Crippen molar-refractivity contribution in [2.75, 3.05) is 5.32 Å². The molecular weight excluding hydrogens is 384 g/mol. The number of aromatic nitrogens is 3. The predicted molar refractivity (Wildman–Crippen MR) is 126 cm³/mol. The van der Waals surface area contributed by atoms with Gasteiger partial charge in [0.05, 0.1) is 16.6 Å². The number of amides is 1. The lowest BCUT2D eigenvalue weighted by atomic mass is 10.0. The van der Waals surface area contributed by atoms with Crippen LogP contribution in [0.15, 0.2) is 72.8 Å². The van der Waals surface area contributed by atoms with Gasteiger partial charge in [-0.05, 0) is 41.8 Å². The summed E-state index contributed by atoms with van der Waals surface area (Å²) in [4.78, 5) is 22.4. The topological polar surface area (TPSA) is 59.8 Å². The van der Waals surface area contributed by atoms with Gasteiger partial charge in [-0.2, -0.15) is 0 Å². The fourth-order valence-corrected chi connectivity index (χ4v) is 4.00. The number of fused-ring (bicyclic) bond motifs is 4. The van der Waals surface area contributed by atoms with Gasteiger partial charge >= 0.3 is 0 Å². The van der Waals surface area contributed by atoms with Gasteiger partial charge in [0.25, 0.3) is 0 Å². The first kappa shape index (κ1) is 19.2. The summed E-state index contributed by atoms with van der Waals surface area (Å²) < 4.78 is 2.10. The van der Waals surface area contributed by atoms with E-state index in [1.807, 2.05) is 48.5 Å². The summed E-state index contributed by atoms with van der Waals surface area (Å²) in [6.45, 7) is 4.85. The van der Waals surface area contributed by atoms with Crippen molar-refractivity contribution >= 4 is 44.7 Å². The van der Waals surface area contributed by atoms with Crippen LogP contribution in [0.2, 0.25) is 0 Å². The number of rotatable bonds is 5. The Labute approximate surface area is 180 Å². The van der Waals surface area contributed by atoms with Crippen molar-refractivity contribution in [3.8, 4) is 0 Å². The van der Waals surface area contributed by atoms with Crippen LogP contribution in [0.1, 0.15) is 31.7 Å². The molecule has 5 nitrogen and oxygen atoms in total. The Morgan fingerprint density at radius 2 is 1.58 bits per heavy atom. The van der Waals surface area contributed by atoms with Crippen LogP contribution in [0.5, 0.6) is 0 Å². The number of hydrogen-bond donors (Lipinski definition) is 1. The second-order valence-corrected chi connectivity index (χ2v) is 8.13. The zero-order valence-electron chi connectivity index (χ0n) is 17.7. The van der Waals surface area contributed by atoms with Crippen LogP contribution < -0.4 is 5.32 Å². The third kappa shape index (κ3) is 3.63. The highest BCUT2D eigenvalue weighted by Gasteiger charge is 2.15. The number of carbonyl (C=O) groups excluding carboxylic acids is 1. The maximum Gasteiger partial charge on any atom is 0.226 e. The zero-order valence-corrected chi connectivity index (χ0v) is 17.7. The molecule has 31 heavy (non-hydrogen) atoms. The van der Waals surface area contributed by atoms with E-state index >= 15 is 0 Å². The smallest absolute Gasteiger partial charge is 0.226 e. The zero-order chi connectivity index (χ0) is 21.4. The van der Waals surface area contributed by atoms with Gasteiger partial charge in [0.1, 0.15) is 5.52 Å². The quantitative estimate of drug-likeness (QED) is 0.394. The maximum atomic E-state index is 12.7. The minimum Gasteiger partial charge on any atom is -0.326 e. The maximum absolute atomic E-state index is 12.7. The van der Waals surface area contributed by atoms with E-state index in [4.69, 9.17) is 9.97 Å². The summed E-state index contributed by atoms with van der Waals surface area (Å²) in [5, 5.41) is 4.06. The van der Waals surface area contributed by atoms with Crippen LogP contribution in [0.3, 0.4) is 0 Å². The van der Waals surface area contributed by atoms with Crippen LogP contribution in [-0.2, 0) is 11.3 Å². The Bertz CT molecular complexity index is 1400. The average Bonchev–Trinajstić information content (AvgIpc) is 3.09. The van der Waals surface area contributed by atoms with E-state index in [0.717, 1.165) is 38.8 Å². The highest BCUT2D eigenvalue weighted by Crippen LogP contribution is 2.28. The molecular formula is C26H24N4O. The van der Waals surface area contributed by atoms with E-state index in [0.29, 0.717) is 18.9 Å². The first-order valence-corrected chi connectivity index (χ1v) is 10.6. The number of hydrogen-bond acceptors (Lipinski definition) is 3. The summed E-state index contributed by atoms with van der Waals surface area (Å²) in [6, 6.07) is 24.1. The molecule has 3 aromatic carbocycles. The largest absolute Gasteiger partial charge is 0.326 e. The molecule has 0 fully saturated rings. The van der Waals surface area contributed by atoms with Gasteiger partial charge in [0.2, 0.25) is 5.91 Å². The fraction of sp³-hybridized carbons (Fsp3) is 0.192. The molecule has 5 heteroatoms. The van der Waals surface area contributed by atoms with Gasteiger partial charge in [0, 0.05) is 24.0 Å². The SMILES string of the molecule is CC(C)c1ccc(NC(=O)CCn2c3ccccc3c3nc4ccccc4nc32)cc1. The van der Waals surface area contributed by atoms with Crippen LogP contribution in [-0.4, -0.2) is 20.4 Å². The number of nitrogens with one attached hydrogen (secondary N) is 1. The van der Waals surface area contributed by atoms with Crippen LogP contribution in [0, 0.1) is 0 Å². The van der Waals surface area contributed by atoms with Gasteiger partial charge in [-0.3, -0.25) is 4.79 Å². The number of carbonyl (C=O) groups is 1. The van der Waals surface area contributed by atoms with Crippen molar-refractivity contribution in [1.82, 2.24) is 14.5 Å². The molecule has 0 saturated heterocycles. The van der Waals surface area contributed by atoms with Crippen molar-refractivity contribution in [2.24, 2.45) is 0 Å². The first-order valence-electron chi connectivity index (χ1n) is 10.6. The third-order valence-corrected chi connectivity index (χ3v) is 5.68. The van der Waals surface area contributed by atoms with Gasteiger partial charge in [-0.1, -0.05) is 56.3 Å². The molecule has 154 valence electrons. The average molecular weight is 409 g/mol. The molecule has 5 rings (SSSR count). The Kier molecular flexibility index (Phi) is 4.86. The van der Waals surface area contributed by atoms with E-state index in [9.17, 15) is 4.79 Å². The van der Waals surface area contributed by atoms with E-state index in [1.54, 1.807) is 0 Å². The molecule has 0 atom stereocenters. The van der Waals surface area contributed by atoms with Crippen molar-refractivity contribution in [1.29, 1.82) is 0 Å². The minimum absolute atomic E-state index is 0.0167. The highest BCUT2D eigenvalue weighted by molar-refractivity contribution is 6.06. The standard InChI is InChI=1S/C26H24N4O/c1-17(2)18-11-13-19(14-12-18)27-24(31)15-16-30-23-10-6-3-7-20(23)25-26(30)29-22-9-5-4-8-21(22)28-25/h3-14,17H,15-16H2,1-2H3,(H,27,31). The van der Waals surface area contributed by atoms with Crippen LogP contribution in [0.25, 0.3) is 33.1 Å². The van der Waals surface area contributed by atoms with E-state index in [-0.39, 0.29) is 5.91 Å². The molecule has 0 aliphatic rings. The van der Waals surface area contributed by atoms with E-state index in [2.05, 4.69) is 48.0 Å². The lowest BCUT2D eigenvalue weighted by molar-refractivity contribution is -0.116. The molecule has 0 aliphatic heterocycles. The van der Waals surface area contributed by atoms with Gasteiger partial charge in [-0.15, -0.1) is 0 Å². The van der Waals surface area contributed by atoms with E-state index in [1.165, 1.54) is 5.56 Å². The fourth-order valence-electron chi connectivity index (χ4n) is 4.00. The molecule has 0 spiro atoms. The van der Waals surface area contributed by atoms with Gasteiger partial charge in [0.15, 0.2) is 5.65 Å².